The van der Waals surface area contributed by atoms with Crippen molar-refractivity contribution in [1.29, 1.82) is 0 Å². The molecule has 0 bridgehead atoms. The lowest BCUT2D eigenvalue weighted by Gasteiger charge is -2.51. The number of piperidine rings is 2. The Morgan fingerprint density at radius 3 is 2.58 bits per heavy atom. The van der Waals surface area contributed by atoms with Crippen molar-refractivity contribution in [3.8, 4) is 11.3 Å². The van der Waals surface area contributed by atoms with Crippen LogP contribution in [0.2, 0.25) is 0 Å². The summed E-state index contributed by atoms with van der Waals surface area (Å²) >= 11 is 0. The third kappa shape index (κ3) is 5.29. The summed E-state index contributed by atoms with van der Waals surface area (Å²) in [6, 6.07) is 16.3. The van der Waals surface area contributed by atoms with E-state index in [9.17, 15) is 4.39 Å². The van der Waals surface area contributed by atoms with Crippen molar-refractivity contribution in [3.05, 3.63) is 71.9 Å². The number of anilines is 1. The molecule has 2 aromatic carbocycles. The van der Waals surface area contributed by atoms with Crippen LogP contribution in [0, 0.1) is 11.7 Å². The monoisotopic (exact) mass is 581 g/mol. The molecule has 43 heavy (non-hydrogen) atoms. The van der Waals surface area contributed by atoms with Gasteiger partial charge in [0.25, 0.3) is 0 Å². The minimum absolute atomic E-state index is 0.187. The summed E-state index contributed by atoms with van der Waals surface area (Å²) in [6.45, 7) is 10.6. The maximum atomic E-state index is 14.3. The van der Waals surface area contributed by atoms with Gasteiger partial charge in [0, 0.05) is 73.3 Å². The highest BCUT2D eigenvalue weighted by Crippen LogP contribution is 2.38. The Morgan fingerprint density at radius 2 is 1.81 bits per heavy atom. The van der Waals surface area contributed by atoms with Crippen molar-refractivity contribution in [3.63, 3.8) is 0 Å². The van der Waals surface area contributed by atoms with Crippen molar-refractivity contribution in [2.24, 2.45) is 5.92 Å². The quantitative estimate of drug-likeness (QED) is 0.210. The Morgan fingerprint density at radius 1 is 1.02 bits per heavy atom. The number of quaternary nitrogens is 1. The average Bonchev–Trinajstić information content (AvgIpc) is 3.60. The van der Waals surface area contributed by atoms with E-state index in [1.807, 2.05) is 12.1 Å². The van der Waals surface area contributed by atoms with Crippen LogP contribution < -0.4 is 11.1 Å². The minimum atomic E-state index is -0.187. The van der Waals surface area contributed by atoms with Crippen LogP contribution in [0.25, 0.3) is 33.2 Å². The Hall–Kier alpha value is -3.82. The summed E-state index contributed by atoms with van der Waals surface area (Å²) in [7, 11) is 0. The Balaban J connectivity index is 1.20. The molecular formula is C34H42FN8+. The summed E-state index contributed by atoms with van der Waals surface area (Å²) in [5.74, 6) is 0.941. The molecule has 224 valence electrons. The van der Waals surface area contributed by atoms with Crippen molar-refractivity contribution < 1.29 is 8.87 Å². The number of aromatic nitrogens is 5. The van der Waals surface area contributed by atoms with E-state index in [1.165, 1.54) is 43.0 Å². The van der Waals surface area contributed by atoms with Crippen molar-refractivity contribution in [2.75, 3.05) is 38.5 Å². The van der Waals surface area contributed by atoms with Crippen LogP contribution in [0.1, 0.15) is 56.8 Å². The van der Waals surface area contributed by atoms with Gasteiger partial charge in [0.1, 0.15) is 23.7 Å². The topological polar surface area (TPSA) is 97.4 Å². The number of nitrogens with one attached hydrogen (secondary N) is 2. The van der Waals surface area contributed by atoms with E-state index < -0.39 is 0 Å². The molecule has 2 saturated heterocycles. The number of nitrogens with zero attached hydrogens (tertiary/aromatic N) is 5. The molecule has 5 aromatic rings. The lowest BCUT2D eigenvalue weighted by atomic mass is 9.92. The number of hydrogen-bond acceptors (Lipinski definition) is 5. The van der Waals surface area contributed by atoms with Crippen LogP contribution in [-0.2, 0) is 6.42 Å². The molecule has 4 N–H and O–H groups in total. The van der Waals surface area contributed by atoms with E-state index in [0.29, 0.717) is 23.7 Å². The molecule has 2 aliphatic heterocycles. The van der Waals surface area contributed by atoms with Crippen molar-refractivity contribution in [2.45, 2.75) is 58.0 Å². The largest absolute Gasteiger partial charge is 0.383 e. The van der Waals surface area contributed by atoms with Gasteiger partial charge < -0.3 is 20.5 Å². The summed E-state index contributed by atoms with van der Waals surface area (Å²) in [5.41, 5.74) is 11.7. The highest BCUT2D eigenvalue weighted by Gasteiger charge is 2.42. The second kappa shape index (κ2) is 11.4. The van der Waals surface area contributed by atoms with Gasteiger partial charge >= 0.3 is 0 Å². The summed E-state index contributed by atoms with van der Waals surface area (Å²) in [4.78, 5) is 12.5. The molecule has 3 aromatic heterocycles. The second-order valence-electron chi connectivity index (χ2n) is 13.1. The predicted molar refractivity (Wildman–Crippen MR) is 170 cm³/mol. The molecule has 7 rings (SSSR count). The van der Waals surface area contributed by atoms with E-state index in [1.54, 1.807) is 12.4 Å². The molecule has 5 heterocycles. The molecule has 0 aliphatic carbocycles. The maximum Gasteiger partial charge on any atom is 0.164 e. The predicted octanol–water partition coefficient (Wildman–Crippen LogP) is 5.85. The number of fused-ring (bicyclic) bond motifs is 2. The van der Waals surface area contributed by atoms with Crippen LogP contribution in [0.5, 0.6) is 0 Å². The van der Waals surface area contributed by atoms with Crippen LogP contribution >= 0.6 is 0 Å². The summed E-state index contributed by atoms with van der Waals surface area (Å²) in [5, 5.41) is 10.6. The van der Waals surface area contributed by atoms with Gasteiger partial charge in [0.05, 0.1) is 37.1 Å². The van der Waals surface area contributed by atoms with Gasteiger partial charge in [0.2, 0.25) is 0 Å². The summed E-state index contributed by atoms with van der Waals surface area (Å²) < 4.78 is 17.7. The SMILES string of the molecule is CC(C)C[N+]1(C2CCNCC2)CCC(n2nc(-c3ccc4[nH]c(Cc5ccccc5F)cc4c3)c3c(N)ncnc32)CC1. The number of halogens is 1. The molecule has 0 radical (unpaired) electrons. The Labute approximate surface area is 252 Å². The lowest BCUT2D eigenvalue weighted by molar-refractivity contribution is -0.959. The second-order valence-corrected chi connectivity index (χ2v) is 13.1. The fraction of sp³-hybridized carbons (Fsp3) is 0.441. The third-order valence-electron chi connectivity index (χ3n) is 9.78. The van der Waals surface area contributed by atoms with Gasteiger partial charge in [-0.15, -0.1) is 0 Å². The lowest BCUT2D eigenvalue weighted by Crippen LogP contribution is -2.62. The fourth-order valence-electron chi connectivity index (χ4n) is 7.83. The maximum absolute atomic E-state index is 14.3. The van der Waals surface area contributed by atoms with Crippen LogP contribution in [-0.4, -0.2) is 68.0 Å². The number of rotatable bonds is 7. The number of hydrogen-bond donors (Lipinski definition) is 3. The number of benzene rings is 2. The van der Waals surface area contributed by atoms with Gasteiger partial charge in [-0.2, -0.15) is 5.10 Å². The zero-order chi connectivity index (χ0) is 29.6. The normalized spacial score (nSPS) is 21.7. The first-order valence-electron chi connectivity index (χ1n) is 15.8. The zero-order valence-corrected chi connectivity index (χ0v) is 25.2. The van der Waals surface area contributed by atoms with E-state index in [0.717, 1.165) is 70.9 Å². The number of nitrogen functional groups attached to an aromatic ring is 1. The fourth-order valence-corrected chi connectivity index (χ4v) is 7.83. The van der Waals surface area contributed by atoms with E-state index in [4.69, 9.17) is 15.8 Å². The number of aromatic amines is 1. The van der Waals surface area contributed by atoms with Gasteiger partial charge in [-0.3, -0.25) is 0 Å². The Kier molecular flexibility index (Phi) is 7.39. The Bertz CT molecular complexity index is 1740. The van der Waals surface area contributed by atoms with Gasteiger partial charge in [-0.1, -0.05) is 38.1 Å². The standard InChI is InChI=1S/C34H42FN8/c1-22(2)20-43(28-9-13-37-14-10-28)15-11-27(12-16-43)42-34-31(33(36)38-21-39-34)32(41-42)24-7-8-30-25(17-24)19-26(40-30)18-23-5-3-4-6-29(23)35/h3-8,17,19,21-22,27-28,37,40H,9-16,18,20H2,1-2H3,(H2,36,38,39)/q+1. The molecular weight excluding hydrogens is 539 g/mol. The number of nitrogens with two attached hydrogens (primary N) is 1. The van der Waals surface area contributed by atoms with Crippen molar-refractivity contribution >= 4 is 27.8 Å². The van der Waals surface area contributed by atoms with Crippen LogP contribution in [0.3, 0.4) is 0 Å². The van der Waals surface area contributed by atoms with Gasteiger partial charge in [-0.25, -0.2) is 19.0 Å². The van der Waals surface area contributed by atoms with E-state index in [-0.39, 0.29) is 11.9 Å². The van der Waals surface area contributed by atoms with Crippen LogP contribution in [0.15, 0.2) is 54.9 Å². The first kappa shape index (κ1) is 28.0. The highest BCUT2D eigenvalue weighted by atomic mass is 19.1. The first-order chi connectivity index (χ1) is 20.9. The molecule has 8 nitrogen and oxygen atoms in total. The highest BCUT2D eigenvalue weighted by molar-refractivity contribution is 6.00. The van der Waals surface area contributed by atoms with Crippen molar-refractivity contribution in [1.82, 2.24) is 30.0 Å². The zero-order valence-electron chi connectivity index (χ0n) is 25.2. The molecule has 9 heteroatoms. The third-order valence-corrected chi connectivity index (χ3v) is 9.78. The van der Waals surface area contributed by atoms with Gasteiger partial charge in [-0.05, 0) is 29.8 Å². The molecule has 0 unspecified atom stereocenters. The smallest absolute Gasteiger partial charge is 0.164 e. The molecule has 2 fully saturated rings. The molecule has 2 aliphatic rings. The summed E-state index contributed by atoms with van der Waals surface area (Å²) in [6.07, 6.45) is 6.74. The molecule has 0 saturated carbocycles. The van der Waals surface area contributed by atoms with E-state index >= 15 is 0 Å². The molecule has 0 amide bonds. The molecule has 0 spiro atoms. The minimum Gasteiger partial charge on any atom is -0.383 e. The number of H-pyrrole nitrogens is 1. The first-order valence-corrected chi connectivity index (χ1v) is 15.8. The van der Waals surface area contributed by atoms with Gasteiger partial charge in [0.15, 0.2) is 5.65 Å². The number of likely N-dealkylation sites (tertiary alicyclic amines) is 1. The van der Waals surface area contributed by atoms with Crippen LogP contribution in [0.4, 0.5) is 10.2 Å². The average molecular weight is 582 g/mol. The molecule has 0 atom stereocenters. The van der Waals surface area contributed by atoms with E-state index in [2.05, 4.69) is 58.1 Å².